The SMILES string of the molecule is Cn1ncc2c1OCCN1CC[C@@H](Oc3cc(Br)ccc3/C=C\c3nn(C4CCCCO4)c4ccc-2cc34)C1=O. The molecule has 0 spiro atoms. The topological polar surface area (TPSA) is 83.6 Å². The molecule has 1 amide bonds. The second-order valence-corrected chi connectivity index (χ2v) is 11.4. The predicted octanol–water partition coefficient (Wildman–Crippen LogP) is 5.44. The van der Waals surface area contributed by atoms with E-state index in [1.54, 1.807) is 4.68 Å². The minimum absolute atomic E-state index is 0.0207. The van der Waals surface area contributed by atoms with Gasteiger partial charge in [-0.05, 0) is 61.2 Å². The first-order valence-electron chi connectivity index (χ1n) is 13.8. The van der Waals surface area contributed by atoms with Crippen molar-refractivity contribution in [3.8, 4) is 22.8 Å². The summed E-state index contributed by atoms with van der Waals surface area (Å²) in [6.45, 7) is 2.21. The largest absolute Gasteiger partial charge is 0.480 e. The van der Waals surface area contributed by atoms with Gasteiger partial charge < -0.3 is 19.1 Å². The first-order chi connectivity index (χ1) is 19.5. The highest BCUT2D eigenvalue weighted by Gasteiger charge is 2.34. The average molecular weight is 605 g/mol. The van der Waals surface area contributed by atoms with Gasteiger partial charge in [-0.2, -0.15) is 10.2 Å². The highest BCUT2D eigenvalue weighted by molar-refractivity contribution is 9.10. The molecule has 0 aliphatic carbocycles. The molecule has 4 aromatic rings. The van der Waals surface area contributed by atoms with E-state index in [1.165, 1.54) is 0 Å². The number of hydrogen-bond acceptors (Lipinski definition) is 6. The van der Waals surface area contributed by atoms with Gasteiger partial charge in [0.25, 0.3) is 5.91 Å². The van der Waals surface area contributed by atoms with Crippen LogP contribution in [0.4, 0.5) is 0 Å². The molecule has 2 atom stereocenters. The molecule has 4 bridgehead atoms. The zero-order chi connectivity index (χ0) is 27.2. The number of hydrogen-bond donors (Lipinski definition) is 0. The molecule has 0 N–H and O–H groups in total. The third-order valence-electron chi connectivity index (χ3n) is 7.87. The predicted molar refractivity (Wildman–Crippen MR) is 155 cm³/mol. The number of carbonyl (C=O) groups excluding carboxylic acids is 1. The molecule has 0 radical (unpaired) electrons. The first kappa shape index (κ1) is 25.3. The highest BCUT2D eigenvalue weighted by atomic mass is 79.9. The first-order valence-corrected chi connectivity index (χ1v) is 14.6. The molecule has 3 aliphatic heterocycles. The summed E-state index contributed by atoms with van der Waals surface area (Å²) < 4.78 is 23.3. The van der Waals surface area contributed by atoms with E-state index in [-0.39, 0.29) is 12.1 Å². The number of nitrogens with zero attached hydrogens (tertiary/aromatic N) is 5. The quantitative estimate of drug-likeness (QED) is 0.288. The monoisotopic (exact) mass is 603 g/mol. The van der Waals surface area contributed by atoms with E-state index < -0.39 is 6.10 Å². The molecule has 2 saturated heterocycles. The maximum Gasteiger partial charge on any atom is 0.263 e. The van der Waals surface area contributed by atoms with Crippen LogP contribution in [-0.4, -0.2) is 62.8 Å². The number of fused-ring (bicyclic) bond motifs is 6. The van der Waals surface area contributed by atoms with Crippen LogP contribution in [0.15, 0.2) is 47.1 Å². The summed E-state index contributed by atoms with van der Waals surface area (Å²) in [6, 6.07) is 12.2. The fourth-order valence-electron chi connectivity index (χ4n) is 5.75. The van der Waals surface area contributed by atoms with Crippen molar-refractivity contribution in [1.29, 1.82) is 0 Å². The summed E-state index contributed by atoms with van der Waals surface area (Å²) >= 11 is 3.56. The number of benzene rings is 2. The Labute approximate surface area is 240 Å². The Kier molecular flexibility index (Phi) is 6.59. The van der Waals surface area contributed by atoms with Gasteiger partial charge in [0.15, 0.2) is 12.3 Å². The molecule has 3 aliphatic rings. The maximum absolute atomic E-state index is 13.2. The smallest absolute Gasteiger partial charge is 0.263 e. The van der Waals surface area contributed by atoms with E-state index >= 15 is 0 Å². The lowest BCUT2D eigenvalue weighted by molar-refractivity contribution is -0.133. The minimum atomic E-state index is -0.534. The minimum Gasteiger partial charge on any atom is -0.480 e. The van der Waals surface area contributed by atoms with E-state index in [0.29, 0.717) is 37.7 Å². The van der Waals surface area contributed by atoms with Crippen molar-refractivity contribution in [3.63, 3.8) is 0 Å². The fourth-order valence-corrected chi connectivity index (χ4v) is 6.09. The summed E-state index contributed by atoms with van der Waals surface area (Å²) in [5.74, 6) is 1.30. The molecule has 2 aromatic heterocycles. The van der Waals surface area contributed by atoms with Crippen molar-refractivity contribution in [1.82, 2.24) is 24.5 Å². The lowest BCUT2D eigenvalue weighted by atomic mass is 10.0. The molecular formula is C30H30BrN5O4. The van der Waals surface area contributed by atoms with Crippen LogP contribution >= 0.6 is 15.9 Å². The van der Waals surface area contributed by atoms with E-state index in [0.717, 1.165) is 63.6 Å². The van der Waals surface area contributed by atoms with Gasteiger partial charge in [0.1, 0.15) is 12.4 Å². The number of rotatable bonds is 1. The molecule has 1 unspecified atom stereocenters. The fraction of sp³-hybridized carbons (Fsp3) is 0.367. The van der Waals surface area contributed by atoms with Crippen molar-refractivity contribution in [2.75, 3.05) is 26.3 Å². The lowest BCUT2D eigenvalue weighted by Gasteiger charge is -2.23. The Hall–Kier alpha value is -3.63. The van der Waals surface area contributed by atoms with Gasteiger partial charge >= 0.3 is 0 Å². The van der Waals surface area contributed by atoms with Gasteiger partial charge in [0, 0.05) is 42.0 Å². The number of aryl methyl sites for hydroxylation is 1. The zero-order valence-corrected chi connectivity index (χ0v) is 23.8. The summed E-state index contributed by atoms with van der Waals surface area (Å²) in [5.41, 5.74) is 4.61. The van der Waals surface area contributed by atoms with Gasteiger partial charge in [0.05, 0.1) is 29.5 Å². The standard InChI is InChI=1S/C30H30BrN5O4/c1-34-30-23(18-32-34)20-7-10-25-22(16-20)24(33-36(25)28-4-2-3-14-38-28)9-6-19-5-8-21(31)17-27(19)40-26-11-12-35(29(26)37)13-15-39-30/h5-10,16-18,26,28H,2-4,11-15H2,1H3/b9-6-/t26-,28?/m1/s1. The molecule has 206 valence electrons. The number of aromatic nitrogens is 4. The van der Waals surface area contributed by atoms with E-state index in [1.807, 2.05) is 53.2 Å². The zero-order valence-electron chi connectivity index (χ0n) is 22.3. The van der Waals surface area contributed by atoms with Crippen molar-refractivity contribution >= 4 is 44.9 Å². The van der Waals surface area contributed by atoms with Crippen LogP contribution in [0.5, 0.6) is 11.6 Å². The van der Waals surface area contributed by atoms with Crippen LogP contribution < -0.4 is 9.47 Å². The van der Waals surface area contributed by atoms with Crippen LogP contribution in [0.3, 0.4) is 0 Å². The van der Waals surface area contributed by atoms with Crippen molar-refractivity contribution < 1.29 is 19.0 Å². The number of carbonyl (C=O) groups is 1. The molecule has 9 nitrogen and oxygen atoms in total. The summed E-state index contributed by atoms with van der Waals surface area (Å²) in [6.07, 6.45) is 8.97. The second-order valence-electron chi connectivity index (χ2n) is 10.5. The van der Waals surface area contributed by atoms with Gasteiger partial charge in [-0.3, -0.25) is 4.79 Å². The highest BCUT2D eigenvalue weighted by Crippen LogP contribution is 2.36. The van der Waals surface area contributed by atoms with Gasteiger partial charge in [-0.25, -0.2) is 9.36 Å². The molecule has 10 heteroatoms. The summed E-state index contributed by atoms with van der Waals surface area (Å²) in [7, 11) is 1.87. The van der Waals surface area contributed by atoms with Gasteiger partial charge in [-0.15, -0.1) is 0 Å². The second kappa shape index (κ2) is 10.4. The van der Waals surface area contributed by atoms with Gasteiger partial charge in [0.2, 0.25) is 5.88 Å². The van der Waals surface area contributed by atoms with E-state index in [4.69, 9.17) is 19.3 Å². The van der Waals surface area contributed by atoms with Gasteiger partial charge in [-0.1, -0.05) is 28.1 Å². The molecule has 0 saturated carbocycles. The Morgan fingerprint density at radius 3 is 2.83 bits per heavy atom. The van der Waals surface area contributed by atoms with Crippen molar-refractivity contribution in [3.05, 3.63) is 58.3 Å². The van der Waals surface area contributed by atoms with Crippen LogP contribution in [0.1, 0.15) is 43.2 Å². The number of amides is 1. The molecule has 2 aromatic carbocycles. The Balaban J connectivity index is 1.38. The number of halogens is 1. The lowest BCUT2D eigenvalue weighted by Crippen LogP contribution is -2.35. The van der Waals surface area contributed by atoms with Crippen LogP contribution in [0.25, 0.3) is 34.2 Å². The van der Waals surface area contributed by atoms with E-state index in [2.05, 4.69) is 39.2 Å². The third kappa shape index (κ3) is 4.58. The molecule has 7 rings (SSSR count). The number of ether oxygens (including phenoxy) is 3. The molecular weight excluding hydrogens is 574 g/mol. The third-order valence-corrected chi connectivity index (χ3v) is 8.37. The molecule has 40 heavy (non-hydrogen) atoms. The van der Waals surface area contributed by atoms with Crippen LogP contribution in [0.2, 0.25) is 0 Å². The Morgan fingerprint density at radius 2 is 1.95 bits per heavy atom. The molecule has 5 heterocycles. The normalized spacial score (nSPS) is 21.9. The van der Waals surface area contributed by atoms with Crippen molar-refractivity contribution in [2.24, 2.45) is 7.05 Å². The summed E-state index contributed by atoms with van der Waals surface area (Å²) in [4.78, 5) is 15.0. The van der Waals surface area contributed by atoms with E-state index in [9.17, 15) is 4.79 Å². The average Bonchev–Trinajstić information content (AvgIpc) is 3.63. The molecule has 2 fully saturated rings. The van der Waals surface area contributed by atoms with Crippen molar-refractivity contribution in [2.45, 2.75) is 38.0 Å². The Morgan fingerprint density at radius 1 is 1.02 bits per heavy atom. The maximum atomic E-state index is 13.2. The summed E-state index contributed by atoms with van der Waals surface area (Å²) in [5, 5.41) is 10.5. The Bertz CT molecular complexity index is 1620. The van der Waals surface area contributed by atoms with Crippen LogP contribution in [0, 0.1) is 0 Å². The van der Waals surface area contributed by atoms with Crippen LogP contribution in [-0.2, 0) is 16.6 Å².